The van der Waals surface area contributed by atoms with E-state index in [0.29, 0.717) is 10.6 Å². The largest absolute Gasteiger partial charge is 0.316 e. The highest BCUT2D eigenvalue weighted by Crippen LogP contribution is 2.22. The molecular formula is C13H14N4OS. The molecule has 0 fully saturated rings. The summed E-state index contributed by atoms with van der Waals surface area (Å²) in [5.74, 6) is -0.127. The van der Waals surface area contributed by atoms with Crippen LogP contribution >= 0.6 is 11.3 Å². The first-order chi connectivity index (χ1) is 9.02. The minimum Gasteiger partial charge on any atom is -0.316 e. The number of hydrogen-bond acceptors (Lipinski definition) is 4. The van der Waals surface area contributed by atoms with E-state index >= 15 is 0 Å². The molecule has 2 aromatic heterocycles. The van der Waals surface area contributed by atoms with Gasteiger partial charge in [0.05, 0.1) is 17.7 Å². The Labute approximate surface area is 115 Å². The van der Waals surface area contributed by atoms with Gasteiger partial charge >= 0.3 is 0 Å². The number of thiophene rings is 1. The summed E-state index contributed by atoms with van der Waals surface area (Å²) in [4.78, 5) is 12.0. The topological polar surface area (TPSA) is 70.7 Å². The van der Waals surface area contributed by atoms with Crippen LogP contribution in [0.1, 0.15) is 22.5 Å². The van der Waals surface area contributed by atoms with E-state index in [0.717, 1.165) is 17.0 Å². The van der Waals surface area contributed by atoms with Crippen LogP contribution in [-0.2, 0) is 18.3 Å². The van der Waals surface area contributed by atoms with Gasteiger partial charge in [-0.1, -0.05) is 0 Å². The fraction of sp³-hybridized carbons (Fsp3) is 0.308. The Morgan fingerprint density at radius 1 is 1.58 bits per heavy atom. The second-order valence-corrected chi connectivity index (χ2v) is 5.19. The zero-order chi connectivity index (χ0) is 14.0. The average Bonchev–Trinajstić information content (AvgIpc) is 2.89. The number of nitrogens with one attached hydrogen (secondary N) is 1. The van der Waals surface area contributed by atoms with E-state index in [-0.39, 0.29) is 12.3 Å². The highest BCUT2D eigenvalue weighted by Gasteiger charge is 2.15. The lowest BCUT2D eigenvalue weighted by atomic mass is 10.1. The number of nitriles is 1. The van der Waals surface area contributed by atoms with Crippen LogP contribution in [0.3, 0.4) is 0 Å². The molecule has 2 heterocycles. The number of anilines is 1. The molecule has 0 saturated carbocycles. The zero-order valence-electron chi connectivity index (χ0n) is 11.0. The third kappa shape index (κ3) is 2.66. The third-order valence-corrected chi connectivity index (χ3v) is 3.86. The molecule has 5 nitrogen and oxygen atoms in total. The Morgan fingerprint density at radius 3 is 2.89 bits per heavy atom. The van der Waals surface area contributed by atoms with Gasteiger partial charge in [0, 0.05) is 18.3 Å². The molecule has 2 rings (SSSR count). The van der Waals surface area contributed by atoms with Gasteiger partial charge < -0.3 is 5.32 Å². The molecule has 0 aromatic carbocycles. The van der Waals surface area contributed by atoms with Crippen molar-refractivity contribution in [2.24, 2.45) is 7.05 Å². The highest BCUT2D eigenvalue weighted by molar-refractivity contribution is 7.14. The summed E-state index contributed by atoms with van der Waals surface area (Å²) in [7, 11) is 1.86. The highest BCUT2D eigenvalue weighted by atomic mass is 32.1. The van der Waals surface area contributed by atoms with E-state index in [9.17, 15) is 4.79 Å². The summed E-state index contributed by atoms with van der Waals surface area (Å²) in [6.07, 6.45) is 0.272. The minimum absolute atomic E-state index is 0.127. The van der Waals surface area contributed by atoms with Crippen LogP contribution < -0.4 is 5.32 Å². The molecule has 0 aliphatic heterocycles. The van der Waals surface area contributed by atoms with Crippen LogP contribution in [0.5, 0.6) is 0 Å². The van der Waals surface area contributed by atoms with Crippen molar-refractivity contribution < 1.29 is 4.79 Å². The van der Waals surface area contributed by atoms with Crippen LogP contribution in [0.4, 0.5) is 5.00 Å². The fourth-order valence-electron chi connectivity index (χ4n) is 1.90. The molecular weight excluding hydrogens is 260 g/mol. The Hall–Kier alpha value is -2.13. The molecule has 98 valence electrons. The molecule has 0 aliphatic rings. The SMILES string of the molecule is Cc1nn(C)c(C)c1CC(=O)Nc1sccc1C#N. The fourth-order valence-corrected chi connectivity index (χ4v) is 2.65. The quantitative estimate of drug-likeness (QED) is 0.932. The van der Waals surface area contributed by atoms with E-state index in [1.807, 2.05) is 20.9 Å². The Balaban J connectivity index is 2.12. The van der Waals surface area contributed by atoms with Gasteiger partial charge in [-0.3, -0.25) is 9.48 Å². The molecule has 0 bridgehead atoms. The number of nitrogens with zero attached hydrogens (tertiary/aromatic N) is 3. The lowest BCUT2D eigenvalue weighted by molar-refractivity contribution is -0.115. The molecule has 0 aliphatic carbocycles. The summed E-state index contributed by atoms with van der Waals surface area (Å²) >= 11 is 1.35. The predicted molar refractivity (Wildman–Crippen MR) is 74.0 cm³/mol. The van der Waals surface area contributed by atoms with Crippen molar-refractivity contribution in [2.45, 2.75) is 20.3 Å². The van der Waals surface area contributed by atoms with Crippen molar-refractivity contribution >= 4 is 22.2 Å². The van der Waals surface area contributed by atoms with E-state index in [4.69, 9.17) is 5.26 Å². The van der Waals surface area contributed by atoms with Crippen molar-refractivity contribution in [1.82, 2.24) is 9.78 Å². The van der Waals surface area contributed by atoms with Gasteiger partial charge in [-0.15, -0.1) is 11.3 Å². The molecule has 1 N–H and O–H groups in total. The standard InChI is InChI=1S/C13H14N4OS/c1-8-11(9(2)17(3)16-8)6-12(18)15-13-10(7-14)4-5-19-13/h4-5H,6H2,1-3H3,(H,15,18). The molecule has 0 saturated heterocycles. The van der Waals surface area contributed by atoms with Crippen molar-refractivity contribution in [3.63, 3.8) is 0 Å². The Bertz CT molecular complexity index is 663. The van der Waals surface area contributed by atoms with Gasteiger partial charge in [-0.25, -0.2) is 0 Å². The molecule has 0 spiro atoms. The Kier molecular flexibility index (Phi) is 3.67. The van der Waals surface area contributed by atoms with Gasteiger partial charge in [0.1, 0.15) is 11.1 Å². The van der Waals surface area contributed by atoms with Gasteiger partial charge in [0.15, 0.2) is 0 Å². The maximum absolute atomic E-state index is 12.0. The first-order valence-corrected chi connectivity index (χ1v) is 6.67. The van der Waals surface area contributed by atoms with Crippen LogP contribution in [0.25, 0.3) is 0 Å². The Morgan fingerprint density at radius 2 is 2.32 bits per heavy atom. The van der Waals surface area contributed by atoms with Crippen molar-refractivity contribution in [3.05, 3.63) is 34.0 Å². The lowest BCUT2D eigenvalue weighted by Gasteiger charge is -2.04. The molecule has 0 unspecified atom stereocenters. The molecule has 6 heteroatoms. The summed E-state index contributed by atoms with van der Waals surface area (Å²) < 4.78 is 1.77. The number of aryl methyl sites for hydroxylation is 2. The first kappa shape index (κ1) is 13.3. The summed E-state index contributed by atoms with van der Waals surface area (Å²) in [5, 5.41) is 18.3. The minimum atomic E-state index is -0.127. The summed E-state index contributed by atoms with van der Waals surface area (Å²) in [5.41, 5.74) is 3.29. The van der Waals surface area contributed by atoms with Crippen LogP contribution in [-0.4, -0.2) is 15.7 Å². The number of rotatable bonds is 3. The number of carbonyl (C=O) groups excluding carboxylic acids is 1. The summed E-state index contributed by atoms with van der Waals surface area (Å²) in [6.45, 7) is 3.83. The van der Waals surface area contributed by atoms with Crippen molar-refractivity contribution in [3.8, 4) is 6.07 Å². The molecule has 0 atom stereocenters. The number of amides is 1. The zero-order valence-corrected chi connectivity index (χ0v) is 11.8. The van der Waals surface area contributed by atoms with Crippen LogP contribution in [0, 0.1) is 25.2 Å². The van der Waals surface area contributed by atoms with E-state index in [1.165, 1.54) is 11.3 Å². The van der Waals surface area contributed by atoms with E-state index in [2.05, 4.69) is 16.5 Å². The molecule has 19 heavy (non-hydrogen) atoms. The normalized spacial score (nSPS) is 10.2. The number of carbonyl (C=O) groups is 1. The lowest BCUT2D eigenvalue weighted by Crippen LogP contribution is -2.15. The molecule has 2 aromatic rings. The van der Waals surface area contributed by atoms with E-state index in [1.54, 1.807) is 16.1 Å². The van der Waals surface area contributed by atoms with Gasteiger partial charge in [-0.2, -0.15) is 10.4 Å². The van der Waals surface area contributed by atoms with Gasteiger partial charge in [-0.05, 0) is 25.3 Å². The maximum atomic E-state index is 12.0. The second kappa shape index (κ2) is 5.24. The average molecular weight is 274 g/mol. The third-order valence-electron chi connectivity index (χ3n) is 3.03. The van der Waals surface area contributed by atoms with Crippen molar-refractivity contribution in [2.75, 3.05) is 5.32 Å². The van der Waals surface area contributed by atoms with Gasteiger partial charge in [0.25, 0.3) is 0 Å². The summed E-state index contributed by atoms with van der Waals surface area (Å²) in [6, 6.07) is 3.75. The van der Waals surface area contributed by atoms with E-state index < -0.39 is 0 Å². The predicted octanol–water partition coefficient (Wildman–Crippen LogP) is 2.15. The maximum Gasteiger partial charge on any atom is 0.229 e. The smallest absolute Gasteiger partial charge is 0.229 e. The number of hydrogen-bond donors (Lipinski definition) is 1. The molecule has 0 radical (unpaired) electrons. The first-order valence-electron chi connectivity index (χ1n) is 5.79. The van der Waals surface area contributed by atoms with Crippen molar-refractivity contribution in [1.29, 1.82) is 5.26 Å². The second-order valence-electron chi connectivity index (χ2n) is 4.27. The molecule has 1 amide bonds. The van der Waals surface area contributed by atoms with Crippen LogP contribution in [0.15, 0.2) is 11.4 Å². The van der Waals surface area contributed by atoms with Crippen LogP contribution in [0.2, 0.25) is 0 Å². The van der Waals surface area contributed by atoms with Gasteiger partial charge in [0.2, 0.25) is 5.91 Å². The monoisotopic (exact) mass is 274 g/mol. The number of aromatic nitrogens is 2.